The molecular formula is C16H13F3N2O5S3. The standard InChI is InChI=1S/C16H13F3N2O5S3/c1-3-28(22,23)12-6-7-13(27-2)21-14(12)15-20-10-8-9(4-5-11(10)26-15)29(24,25)16(17,18)19/h4-8H,3H2,1-2H3. The molecule has 13 heteroatoms. The molecule has 0 bridgehead atoms. The summed E-state index contributed by atoms with van der Waals surface area (Å²) in [5.74, 6) is -0.460. The second kappa shape index (κ2) is 7.29. The van der Waals surface area contributed by atoms with Gasteiger partial charge >= 0.3 is 5.51 Å². The first-order valence-electron chi connectivity index (χ1n) is 7.91. The molecule has 0 fully saturated rings. The van der Waals surface area contributed by atoms with Gasteiger partial charge in [-0.1, -0.05) is 6.92 Å². The Morgan fingerprint density at radius 1 is 1.07 bits per heavy atom. The summed E-state index contributed by atoms with van der Waals surface area (Å²) in [7, 11) is -9.27. The average Bonchev–Trinajstić information content (AvgIpc) is 3.09. The molecule has 0 unspecified atom stereocenters. The first-order chi connectivity index (χ1) is 13.4. The van der Waals surface area contributed by atoms with Gasteiger partial charge in [-0.25, -0.2) is 26.8 Å². The highest BCUT2D eigenvalue weighted by atomic mass is 32.2. The van der Waals surface area contributed by atoms with E-state index in [1.54, 1.807) is 6.26 Å². The van der Waals surface area contributed by atoms with Gasteiger partial charge in [0.25, 0.3) is 9.84 Å². The van der Waals surface area contributed by atoms with Gasteiger partial charge in [-0.05, 0) is 36.6 Å². The second-order valence-electron chi connectivity index (χ2n) is 5.70. The molecule has 3 aromatic rings. The average molecular weight is 466 g/mol. The highest BCUT2D eigenvalue weighted by Gasteiger charge is 2.47. The quantitative estimate of drug-likeness (QED) is 0.524. The van der Waals surface area contributed by atoms with Crippen molar-refractivity contribution in [2.24, 2.45) is 0 Å². The molecule has 0 atom stereocenters. The van der Waals surface area contributed by atoms with E-state index >= 15 is 0 Å². The molecular weight excluding hydrogens is 453 g/mol. The van der Waals surface area contributed by atoms with Crippen LogP contribution in [-0.2, 0) is 19.7 Å². The van der Waals surface area contributed by atoms with Crippen molar-refractivity contribution in [1.29, 1.82) is 0 Å². The van der Waals surface area contributed by atoms with Gasteiger partial charge in [0.05, 0.1) is 20.6 Å². The van der Waals surface area contributed by atoms with Crippen LogP contribution in [0, 0.1) is 0 Å². The third-order valence-electron chi connectivity index (χ3n) is 3.93. The maximum atomic E-state index is 12.8. The lowest BCUT2D eigenvalue weighted by Crippen LogP contribution is -2.23. The monoisotopic (exact) mass is 466 g/mol. The largest absolute Gasteiger partial charge is 0.501 e. The first-order valence-corrected chi connectivity index (χ1v) is 12.3. The van der Waals surface area contributed by atoms with Gasteiger partial charge in [0.2, 0.25) is 5.89 Å². The Balaban J connectivity index is 2.22. The van der Waals surface area contributed by atoms with Gasteiger partial charge in [0.1, 0.15) is 11.2 Å². The number of pyridine rings is 1. The summed E-state index contributed by atoms with van der Waals surface area (Å²) in [5, 5.41) is 0.470. The van der Waals surface area contributed by atoms with Crippen molar-refractivity contribution in [2.75, 3.05) is 12.0 Å². The molecule has 2 heterocycles. The lowest BCUT2D eigenvalue weighted by molar-refractivity contribution is -0.0435. The highest BCUT2D eigenvalue weighted by molar-refractivity contribution is 7.98. The van der Waals surface area contributed by atoms with E-state index < -0.39 is 30.1 Å². The number of nitrogens with zero attached hydrogens (tertiary/aromatic N) is 2. The summed E-state index contributed by atoms with van der Waals surface area (Å²) >= 11 is 1.24. The molecule has 3 rings (SSSR count). The zero-order valence-electron chi connectivity index (χ0n) is 14.9. The Morgan fingerprint density at radius 2 is 1.76 bits per heavy atom. The topological polar surface area (TPSA) is 107 Å². The highest BCUT2D eigenvalue weighted by Crippen LogP contribution is 2.34. The Morgan fingerprint density at radius 3 is 2.34 bits per heavy atom. The summed E-state index contributed by atoms with van der Waals surface area (Å²) in [6.45, 7) is 1.45. The molecule has 0 saturated carbocycles. The second-order valence-corrected chi connectivity index (χ2v) is 10.7. The van der Waals surface area contributed by atoms with E-state index in [4.69, 9.17) is 4.42 Å². The van der Waals surface area contributed by atoms with Crippen molar-refractivity contribution in [3.8, 4) is 11.6 Å². The number of fused-ring (bicyclic) bond motifs is 1. The number of oxazole rings is 1. The van der Waals surface area contributed by atoms with Crippen molar-refractivity contribution in [3.63, 3.8) is 0 Å². The summed E-state index contributed by atoms with van der Waals surface area (Å²) in [4.78, 5) is 7.06. The Hall–Kier alpha value is -2.12. The van der Waals surface area contributed by atoms with Crippen LogP contribution >= 0.6 is 11.8 Å². The van der Waals surface area contributed by atoms with E-state index in [2.05, 4.69) is 9.97 Å². The van der Waals surface area contributed by atoms with Crippen molar-refractivity contribution in [2.45, 2.75) is 27.2 Å². The van der Waals surface area contributed by atoms with Gasteiger partial charge in [-0.3, -0.25) is 0 Å². The first kappa shape index (κ1) is 21.6. The van der Waals surface area contributed by atoms with Crippen LogP contribution in [0.25, 0.3) is 22.7 Å². The van der Waals surface area contributed by atoms with Gasteiger partial charge < -0.3 is 4.42 Å². The number of halogens is 3. The fourth-order valence-electron chi connectivity index (χ4n) is 2.41. The lowest BCUT2D eigenvalue weighted by atomic mass is 10.3. The van der Waals surface area contributed by atoms with Gasteiger partial charge in [0, 0.05) is 0 Å². The van der Waals surface area contributed by atoms with Crippen LogP contribution in [0.2, 0.25) is 0 Å². The maximum absolute atomic E-state index is 12.8. The molecule has 0 aliphatic rings. The van der Waals surface area contributed by atoms with E-state index in [9.17, 15) is 30.0 Å². The van der Waals surface area contributed by atoms with Crippen LogP contribution in [0.4, 0.5) is 13.2 Å². The van der Waals surface area contributed by atoms with Crippen LogP contribution < -0.4 is 0 Å². The van der Waals surface area contributed by atoms with Crippen LogP contribution in [0.15, 0.2) is 49.6 Å². The van der Waals surface area contributed by atoms with Crippen LogP contribution in [-0.4, -0.2) is 44.3 Å². The molecule has 0 spiro atoms. The third kappa shape index (κ3) is 3.85. The number of hydrogen-bond acceptors (Lipinski definition) is 8. The Bertz CT molecular complexity index is 1300. The van der Waals surface area contributed by atoms with E-state index in [0.717, 1.165) is 18.2 Å². The van der Waals surface area contributed by atoms with E-state index in [0.29, 0.717) is 5.03 Å². The molecule has 0 amide bonds. The number of thioether (sulfide) groups is 1. The fraction of sp³-hybridized carbons (Fsp3) is 0.250. The predicted octanol–water partition coefficient (Wildman–Crippen LogP) is 3.70. The van der Waals surface area contributed by atoms with E-state index in [1.165, 1.54) is 30.8 Å². The summed E-state index contributed by atoms with van der Waals surface area (Å²) in [6, 6.07) is 5.35. The minimum atomic E-state index is -5.57. The van der Waals surface area contributed by atoms with Crippen molar-refractivity contribution in [1.82, 2.24) is 9.97 Å². The van der Waals surface area contributed by atoms with Crippen molar-refractivity contribution >= 4 is 42.5 Å². The Labute approximate surface area is 168 Å². The maximum Gasteiger partial charge on any atom is 0.501 e. The molecule has 0 aliphatic carbocycles. The fourth-order valence-corrected chi connectivity index (χ4v) is 4.59. The Kier molecular flexibility index (Phi) is 5.43. The number of alkyl halides is 3. The predicted molar refractivity (Wildman–Crippen MR) is 100.0 cm³/mol. The van der Waals surface area contributed by atoms with E-state index in [1.807, 2.05) is 0 Å². The minimum absolute atomic E-state index is 0.0164. The van der Waals surface area contributed by atoms with Crippen molar-refractivity contribution in [3.05, 3.63) is 30.3 Å². The smallest absolute Gasteiger partial charge is 0.435 e. The number of rotatable bonds is 5. The number of benzene rings is 1. The normalized spacial score (nSPS) is 13.1. The summed E-state index contributed by atoms with van der Waals surface area (Å²) < 4.78 is 91.8. The van der Waals surface area contributed by atoms with Gasteiger partial charge in [-0.15, -0.1) is 11.8 Å². The van der Waals surface area contributed by atoms with Crippen LogP contribution in [0.5, 0.6) is 0 Å². The number of hydrogen-bond donors (Lipinski definition) is 0. The number of sulfone groups is 2. The number of aromatic nitrogens is 2. The molecule has 156 valence electrons. The molecule has 2 aromatic heterocycles. The molecule has 0 aliphatic heterocycles. The zero-order valence-corrected chi connectivity index (χ0v) is 17.3. The lowest BCUT2D eigenvalue weighted by Gasteiger charge is -2.07. The SMILES string of the molecule is CCS(=O)(=O)c1ccc(SC)nc1-c1nc2cc(S(=O)(=O)C(F)(F)F)ccc2o1. The summed E-state index contributed by atoms with van der Waals surface area (Å²) in [5.41, 5.74) is -5.77. The molecule has 0 saturated heterocycles. The zero-order chi connectivity index (χ0) is 21.6. The molecule has 29 heavy (non-hydrogen) atoms. The van der Waals surface area contributed by atoms with Crippen LogP contribution in [0.1, 0.15) is 6.92 Å². The van der Waals surface area contributed by atoms with Gasteiger partial charge in [0.15, 0.2) is 15.4 Å². The van der Waals surface area contributed by atoms with Crippen LogP contribution in [0.3, 0.4) is 0 Å². The molecule has 7 nitrogen and oxygen atoms in total. The van der Waals surface area contributed by atoms with E-state index in [-0.39, 0.29) is 33.3 Å². The third-order valence-corrected chi connectivity index (χ3v) is 7.82. The minimum Gasteiger partial charge on any atom is -0.435 e. The molecule has 1 aromatic carbocycles. The summed E-state index contributed by atoms with van der Waals surface area (Å²) in [6.07, 6.45) is 1.72. The molecule has 0 radical (unpaired) electrons. The molecule has 0 N–H and O–H groups in total. The van der Waals surface area contributed by atoms with Crippen molar-refractivity contribution < 1.29 is 34.4 Å². The van der Waals surface area contributed by atoms with Gasteiger partial charge in [-0.2, -0.15) is 13.2 Å².